The second-order valence-corrected chi connectivity index (χ2v) is 7.64. The van der Waals surface area contributed by atoms with Crippen molar-refractivity contribution in [1.82, 2.24) is 15.1 Å². The summed E-state index contributed by atoms with van der Waals surface area (Å²) in [6, 6.07) is 0.287. The highest BCUT2D eigenvalue weighted by Gasteiger charge is 2.24. The van der Waals surface area contributed by atoms with E-state index in [-0.39, 0.29) is 36.1 Å². The summed E-state index contributed by atoms with van der Waals surface area (Å²) in [4.78, 5) is 20.5. The molecule has 3 N–H and O–H groups in total. The van der Waals surface area contributed by atoms with Crippen molar-refractivity contribution in [3.8, 4) is 0 Å². The van der Waals surface area contributed by atoms with Crippen molar-refractivity contribution in [2.45, 2.75) is 46.1 Å². The average Bonchev–Trinajstić information content (AvgIpc) is 3.00. The largest absolute Gasteiger partial charge is 0.450 e. The van der Waals surface area contributed by atoms with Crippen LogP contribution in [0.3, 0.4) is 0 Å². The van der Waals surface area contributed by atoms with Crippen molar-refractivity contribution < 1.29 is 9.53 Å². The van der Waals surface area contributed by atoms with Gasteiger partial charge in [0, 0.05) is 38.8 Å². The normalized spacial score (nSPS) is 22.4. The Balaban J connectivity index is 0.00000338. The Bertz CT molecular complexity index is 453. The predicted molar refractivity (Wildman–Crippen MR) is 116 cm³/mol. The minimum atomic E-state index is -0.213. The molecule has 2 aliphatic rings. The molecule has 7 nitrogen and oxygen atoms in total. The quantitative estimate of drug-likeness (QED) is 0.345. The number of hydrogen-bond donors (Lipinski definition) is 2. The first-order chi connectivity index (χ1) is 12.0. The van der Waals surface area contributed by atoms with Crippen molar-refractivity contribution in [3.63, 3.8) is 0 Å². The SMILES string of the molecule is CCOC(=O)N1CCC(NC(N)=NCC2CCN(CC(C)C)C2)CC1.I. The number of piperidine rings is 1. The highest BCUT2D eigenvalue weighted by atomic mass is 127. The van der Waals surface area contributed by atoms with E-state index in [1.807, 2.05) is 6.92 Å². The van der Waals surface area contributed by atoms with Crippen molar-refractivity contribution in [2.75, 3.05) is 45.9 Å². The number of carbonyl (C=O) groups is 1. The second-order valence-electron chi connectivity index (χ2n) is 7.64. The Morgan fingerprint density at radius 3 is 2.58 bits per heavy atom. The average molecular weight is 481 g/mol. The third-order valence-corrected chi connectivity index (χ3v) is 4.89. The number of nitrogens with zero attached hydrogens (tertiary/aromatic N) is 3. The fourth-order valence-electron chi connectivity index (χ4n) is 3.65. The van der Waals surface area contributed by atoms with Gasteiger partial charge in [0.25, 0.3) is 0 Å². The van der Waals surface area contributed by atoms with E-state index in [1.54, 1.807) is 4.90 Å². The van der Waals surface area contributed by atoms with Gasteiger partial charge in [-0.1, -0.05) is 13.8 Å². The van der Waals surface area contributed by atoms with Gasteiger partial charge >= 0.3 is 6.09 Å². The Morgan fingerprint density at radius 1 is 1.27 bits per heavy atom. The molecule has 2 fully saturated rings. The topological polar surface area (TPSA) is 83.2 Å². The van der Waals surface area contributed by atoms with Crippen LogP contribution in [0.5, 0.6) is 0 Å². The van der Waals surface area contributed by atoms with Crippen LogP contribution in [0, 0.1) is 11.8 Å². The summed E-state index contributed by atoms with van der Waals surface area (Å²) in [6.45, 7) is 12.5. The van der Waals surface area contributed by atoms with E-state index in [9.17, 15) is 4.79 Å². The number of hydrogen-bond acceptors (Lipinski definition) is 4. The third kappa shape index (κ3) is 7.85. The van der Waals surface area contributed by atoms with Gasteiger partial charge in [-0.3, -0.25) is 4.99 Å². The van der Waals surface area contributed by atoms with Crippen LogP contribution < -0.4 is 11.1 Å². The van der Waals surface area contributed by atoms with Crippen molar-refractivity contribution in [1.29, 1.82) is 0 Å². The molecule has 26 heavy (non-hydrogen) atoms. The van der Waals surface area contributed by atoms with Crippen LogP contribution in [0.15, 0.2) is 4.99 Å². The molecule has 0 radical (unpaired) electrons. The van der Waals surface area contributed by atoms with Crippen molar-refractivity contribution in [3.05, 3.63) is 0 Å². The van der Waals surface area contributed by atoms with Crippen molar-refractivity contribution >= 4 is 36.0 Å². The van der Waals surface area contributed by atoms with E-state index >= 15 is 0 Å². The van der Waals surface area contributed by atoms with Crippen LogP contribution in [0.25, 0.3) is 0 Å². The number of halogens is 1. The molecule has 1 unspecified atom stereocenters. The van der Waals surface area contributed by atoms with Crippen molar-refractivity contribution in [2.24, 2.45) is 22.6 Å². The van der Waals surface area contributed by atoms with Crippen LogP contribution in [-0.4, -0.2) is 73.8 Å². The minimum absolute atomic E-state index is 0. The maximum atomic E-state index is 11.7. The third-order valence-electron chi connectivity index (χ3n) is 4.89. The molecule has 152 valence electrons. The summed E-state index contributed by atoms with van der Waals surface area (Å²) in [5.74, 6) is 1.87. The first-order valence-corrected chi connectivity index (χ1v) is 9.68. The number of carbonyl (C=O) groups excluding carboxylic acids is 1. The number of nitrogens with two attached hydrogens (primary N) is 1. The zero-order valence-corrected chi connectivity index (χ0v) is 18.8. The lowest BCUT2D eigenvalue weighted by molar-refractivity contribution is 0.0963. The Labute approximate surface area is 175 Å². The van der Waals surface area contributed by atoms with Crippen LogP contribution in [0.2, 0.25) is 0 Å². The summed E-state index contributed by atoms with van der Waals surface area (Å²) in [7, 11) is 0. The Kier molecular flexibility index (Phi) is 10.6. The number of aliphatic imine (C=N–C) groups is 1. The minimum Gasteiger partial charge on any atom is -0.450 e. The highest BCUT2D eigenvalue weighted by Crippen LogP contribution is 2.17. The van der Waals surface area contributed by atoms with E-state index < -0.39 is 0 Å². The van der Waals surface area contributed by atoms with E-state index in [0.717, 1.165) is 31.8 Å². The highest BCUT2D eigenvalue weighted by molar-refractivity contribution is 14.0. The summed E-state index contributed by atoms with van der Waals surface area (Å²) >= 11 is 0. The van der Waals surface area contributed by atoms with Crippen LogP contribution in [0.1, 0.15) is 40.0 Å². The molecular weight excluding hydrogens is 445 g/mol. The summed E-state index contributed by atoms with van der Waals surface area (Å²) in [6.07, 6.45) is 2.75. The second kappa shape index (κ2) is 11.8. The maximum absolute atomic E-state index is 11.7. The van der Waals surface area contributed by atoms with Crippen LogP contribution in [0.4, 0.5) is 4.79 Å². The zero-order valence-electron chi connectivity index (χ0n) is 16.4. The molecule has 1 amide bonds. The molecule has 0 aromatic carbocycles. The molecule has 0 aromatic rings. The fourth-order valence-corrected chi connectivity index (χ4v) is 3.65. The first-order valence-electron chi connectivity index (χ1n) is 9.68. The van der Waals surface area contributed by atoms with Crippen LogP contribution >= 0.6 is 24.0 Å². The van der Waals surface area contributed by atoms with E-state index in [4.69, 9.17) is 10.5 Å². The molecule has 2 saturated heterocycles. The summed E-state index contributed by atoms with van der Waals surface area (Å²) in [5.41, 5.74) is 6.06. The van der Waals surface area contributed by atoms with E-state index in [1.165, 1.54) is 19.5 Å². The molecule has 0 saturated carbocycles. The standard InChI is InChI=1S/C18H35N5O2.HI/c1-4-25-18(24)23-9-6-16(7-10-23)21-17(19)20-11-15-5-8-22(13-15)12-14(2)3;/h14-16H,4-13H2,1-3H3,(H3,19,20,21);1H. The number of amides is 1. The molecule has 0 bridgehead atoms. The van der Waals surface area contributed by atoms with E-state index in [2.05, 4.69) is 29.1 Å². The fraction of sp³-hybridized carbons (Fsp3) is 0.889. The summed E-state index contributed by atoms with van der Waals surface area (Å²) < 4.78 is 5.04. The molecule has 2 rings (SSSR count). The smallest absolute Gasteiger partial charge is 0.409 e. The van der Waals surface area contributed by atoms with Gasteiger partial charge in [-0.25, -0.2) is 4.79 Å². The van der Waals surface area contributed by atoms with Gasteiger partial charge in [-0.15, -0.1) is 24.0 Å². The molecule has 2 aliphatic heterocycles. The number of ether oxygens (including phenoxy) is 1. The summed E-state index contributed by atoms with van der Waals surface area (Å²) in [5, 5.41) is 3.31. The molecule has 0 aliphatic carbocycles. The number of guanidine groups is 1. The van der Waals surface area contributed by atoms with Gasteiger partial charge in [0.15, 0.2) is 5.96 Å². The molecule has 0 aromatic heterocycles. The lowest BCUT2D eigenvalue weighted by atomic mass is 10.1. The zero-order chi connectivity index (χ0) is 18.2. The van der Waals surface area contributed by atoms with Gasteiger partial charge in [0.2, 0.25) is 0 Å². The number of nitrogens with one attached hydrogen (secondary N) is 1. The van der Waals surface area contributed by atoms with Gasteiger partial charge in [-0.05, 0) is 44.6 Å². The molecule has 0 spiro atoms. The molecular formula is C18H36IN5O2. The molecule has 2 heterocycles. The maximum Gasteiger partial charge on any atom is 0.409 e. The predicted octanol–water partition coefficient (Wildman–Crippen LogP) is 2.11. The molecule has 8 heteroatoms. The molecule has 1 atom stereocenters. The monoisotopic (exact) mass is 481 g/mol. The van der Waals surface area contributed by atoms with Gasteiger partial charge in [0.1, 0.15) is 0 Å². The van der Waals surface area contributed by atoms with Gasteiger partial charge < -0.3 is 25.6 Å². The number of rotatable bonds is 6. The number of likely N-dealkylation sites (tertiary alicyclic amines) is 2. The Morgan fingerprint density at radius 2 is 1.96 bits per heavy atom. The lowest BCUT2D eigenvalue weighted by Gasteiger charge is -2.31. The Hall–Kier alpha value is -0.770. The first kappa shape index (κ1) is 23.3. The van der Waals surface area contributed by atoms with Gasteiger partial charge in [0.05, 0.1) is 6.61 Å². The van der Waals surface area contributed by atoms with E-state index in [0.29, 0.717) is 31.6 Å². The van der Waals surface area contributed by atoms with Gasteiger partial charge in [-0.2, -0.15) is 0 Å². The van der Waals surface area contributed by atoms with Crippen LogP contribution in [-0.2, 0) is 4.74 Å². The lowest BCUT2D eigenvalue weighted by Crippen LogP contribution is -2.48.